The number of furan rings is 1. The van der Waals surface area contributed by atoms with Gasteiger partial charge in [-0.05, 0) is 17.4 Å². The first-order valence-corrected chi connectivity index (χ1v) is 4.93. The molecule has 0 aliphatic carbocycles. The van der Waals surface area contributed by atoms with Crippen LogP contribution in [-0.2, 0) is 0 Å². The summed E-state index contributed by atoms with van der Waals surface area (Å²) in [5, 5.41) is 0.490. The Balaban J connectivity index is 2.40. The van der Waals surface area contributed by atoms with Gasteiger partial charge >= 0.3 is 0 Å². The summed E-state index contributed by atoms with van der Waals surface area (Å²) in [4.78, 5) is 11.3. The van der Waals surface area contributed by atoms with Crippen molar-refractivity contribution < 1.29 is 9.21 Å². The van der Waals surface area contributed by atoms with E-state index in [9.17, 15) is 4.79 Å². The molecule has 0 spiro atoms. The van der Waals surface area contributed by atoms with Crippen molar-refractivity contribution in [2.75, 3.05) is 5.75 Å². The first kappa shape index (κ1) is 9.39. The van der Waals surface area contributed by atoms with E-state index < -0.39 is 0 Å². The van der Waals surface area contributed by atoms with Crippen LogP contribution in [0.25, 0.3) is 0 Å². The van der Waals surface area contributed by atoms with Crippen molar-refractivity contribution in [2.24, 2.45) is 0 Å². The molecule has 0 fully saturated rings. The minimum atomic E-state index is 0.0682. The van der Waals surface area contributed by atoms with E-state index in [1.807, 2.05) is 0 Å². The number of carbonyl (C=O) groups excluding carboxylic acids is 1. The van der Waals surface area contributed by atoms with Crippen LogP contribution < -0.4 is 0 Å². The van der Waals surface area contributed by atoms with Crippen LogP contribution in [0.5, 0.6) is 0 Å². The Labute approximate surface area is 76.3 Å². The van der Waals surface area contributed by atoms with Crippen LogP contribution in [0.1, 0.15) is 24.4 Å². The molecule has 0 amide bonds. The van der Waals surface area contributed by atoms with Crippen molar-refractivity contribution in [3.05, 3.63) is 24.2 Å². The number of thioether (sulfide) groups is 1. The van der Waals surface area contributed by atoms with Crippen LogP contribution in [-0.4, -0.2) is 16.8 Å². The Morgan fingerprint density at radius 3 is 2.92 bits per heavy atom. The number of hydrogen-bond acceptors (Lipinski definition) is 3. The number of hydrogen-bond donors (Lipinski definition) is 0. The molecule has 0 radical (unpaired) electrons. The normalized spacial score (nSPS) is 10.6. The lowest BCUT2D eigenvalue weighted by Crippen LogP contribution is -2.03. The molecule has 3 heteroatoms. The Morgan fingerprint density at radius 1 is 1.67 bits per heavy atom. The molecule has 66 valence electrons. The largest absolute Gasteiger partial charge is 0.461 e. The highest BCUT2D eigenvalue weighted by atomic mass is 32.2. The van der Waals surface area contributed by atoms with E-state index in [0.29, 0.717) is 16.8 Å². The standard InChI is InChI=1S/C9H12O2S/c1-7(2)12-6-8(10)9-4-3-5-11-9/h3-5,7H,6H2,1-2H3. The van der Waals surface area contributed by atoms with Gasteiger partial charge in [-0.3, -0.25) is 4.79 Å². The van der Waals surface area contributed by atoms with Gasteiger partial charge in [0.05, 0.1) is 12.0 Å². The third-order valence-electron chi connectivity index (χ3n) is 1.34. The van der Waals surface area contributed by atoms with Crippen molar-refractivity contribution in [2.45, 2.75) is 19.1 Å². The van der Waals surface area contributed by atoms with E-state index in [-0.39, 0.29) is 5.78 Å². The molecule has 0 saturated carbocycles. The van der Waals surface area contributed by atoms with Crippen molar-refractivity contribution in [1.82, 2.24) is 0 Å². The zero-order valence-electron chi connectivity index (χ0n) is 7.24. The summed E-state index contributed by atoms with van der Waals surface area (Å²) in [6.07, 6.45) is 1.52. The van der Waals surface area contributed by atoms with Crippen molar-refractivity contribution >= 4 is 17.5 Å². The SMILES string of the molecule is CC(C)SCC(=O)c1ccco1. The average molecular weight is 184 g/mol. The fourth-order valence-corrected chi connectivity index (χ4v) is 1.38. The van der Waals surface area contributed by atoms with Crippen LogP contribution in [0.2, 0.25) is 0 Å². The third-order valence-corrected chi connectivity index (χ3v) is 2.44. The van der Waals surface area contributed by atoms with Crippen LogP contribution >= 0.6 is 11.8 Å². The van der Waals surface area contributed by atoms with Gasteiger partial charge in [0, 0.05) is 0 Å². The van der Waals surface area contributed by atoms with Gasteiger partial charge < -0.3 is 4.42 Å². The van der Waals surface area contributed by atoms with Gasteiger partial charge in [0.1, 0.15) is 0 Å². The van der Waals surface area contributed by atoms with Gasteiger partial charge in [-0.1, -0.05) is 13.8 Å². The van der Waals surface area contributed by atoms with Crippen LogP contribution in [0.4, 0.5) is 0 Å². The lowest BCUT2D eigenvalue weighted by atomic mass is 10.3. The second-order valence-electron chi connectivity index (χ2n) is 2.76. The van der Waals surface area contributed by atoms with E-state index in [4.69, 9.17) is 4.42 Å². The quantitative estimate of drug-likeness (QED) is 0.674. The van der Waals surface area contributed by atoms with Gasteiger partial charge in [-0.2, -0.15) is 11.8 Å². The summed E-state index contributed by atoms with van der Waals surface area (Å²) >= 11 is 1.63. The predicted octanol–water partition coefficient (Wildman–Crippen LogP) is 2.60. The first-order valence-electron chi connectivity index (χ1n) is 3.88. The molecule has 0 unspecified atom stereocenters. The van der Waals surface area contributed by atoms with E-state index in [2.05, 4.69) is 13.8 Å². The number of rotatable bonds is 4. The number of carbonyl (C=O) groups is 1. The maximum atomic E-state index is 11.3. The van der Waals surface area contributed by atoms with E-state index in [1.165, 1.54) is 6.26 Å². The summed E-state index contributed by atoms with van der Waals surface area (Å²) in [5.41, 5.74) is 0. The van der Waals surface area contributed by atoms with E-state index in [1.54, 1.807) is 23.9 Å². The molecule has 0 bridgehead atoms. The van der Waals surface area contributed by atoms with E-state index in [0.717, 1.165) is 0 Å². The van der Waals surface area contributed by atoms with Crippen LogP contribution in [0, 0.1) is 0 Å². The third kappa shape index (κ3) is 2.74. The second kappa shape index (κ2) is 4.36. The van der Waals surface area contributed by atoms with Crippen LogP contribution in [0.15, 0.2) is 22.8 Å². The molecule has 2 nitrogen and oxygen atoms in total. The highest BCUT2D eigenvalue weighted by Crippen LogP contribution is 2.12. The molecular weight excluding hydrogens is 172 g/mol. The Kier molecular flexibility index (Phi) is 3.41. The lowest BCUT2D eigenvalue weighted by Gasteiger charge is -2.01. The topological polar surface area (TPSA) is 30.2 Å². The Bertz CT molecular complexity index is 239. The Hall–Kier alpha value is -0.700. The number of Topliss-reactive ketones (excluding diaryl/α,β-unsaturated/α-hetero) is 1. The summed E-state index contributed by atoms with van der Waals surface area (Å²) in [6, 6.07) is 3.43. The molecule has 1 aromatic heterocycles. The fourth-order valence-electron chi connectivity index (χ4n) is 0.751. The molecule has 0 atom stereocenters. The van der Waals surface area contributed by atoms with Gasteiger partial charge in [-0.15, -0.1) is 0 Å². The monoisotopic (exact) mass is 184 g/mol. The molecule has 1 rings (SSSR count). The molecule has 0 aromatic carbocycles. The zero-order valence-corrected chi connectivity index (χ0v) is 8.06. The van der Waals surface area contributed by atoms with Crippen LogP contribution in [0.3, 0.4) is 0 Å². The molecular formula is C9H12O2S. The molecule has 0 N–H and O–H groups in total. The van der Waals surface area contributed by atoms with Crippen molar-refractivity contribution in [3.63, 3.8) is 0 Å². The average Bonchev–Trinajstić information content (AvgIpc) is 2.51. The summed E-state index contributed by atoms with van der Waals surface area (Å²) in [5.74, 6) is 1.03. The molecule has 12 heavy (non-hydrogen) atoms. The lowest BCUT2D eigenvalue weighted by molar-refractivity contribution is 0.0992. The zero-order chi connectivity index (χ0) is 8.97. The van der Waals surface area contributed by atoms with Gasteiger partial charge in [0.15, 0.2) is 5.76 Å². The van der Waals surface area contributed by atoms with Crippen molar-refractivity contribution in [3.8, 4) is 0 Å². The van der Waals surface area contributed by atoms with Gasteiger partial charge in [0.25, 0.3) is 0 Å². The van der Waals surface area contributed by atoms with Gasteiger partial charge in [0.2, 0.25) is 5.78 Å². The minimum absolute atomic E-state index is 0.0682. The summed E-state index contributed by atoms with van der Waals surface area (Å²) in [7, 11) is 0. The molecule has 0 aliphatic rings. The predicted molar refractivity (Wildman–Crippen MR) is 50.6 cm³/mol. The Morgan fingerprint density at radius 2 is 2.42 bits per heavy atom. The molecule has 0 aliphatic heterocycles. The van der Waals surface area contributed by atoms with E-state index >= 15 is 0 Å². The first-order chi connectivity index (χ1) is 5.70. The highest BCUT2D eigenvalue weighted by Gasteiger charge is 2.08. The smallest absolute Gasteiger partial charge is 0.207 e. The maximum Gasteiger partial charge on any atom is 0.207 e. The summed E-state index contributed by atoms with van der Waals surface area (Å²) in [6.45, 7) is 4.14. The fraction of sp³-hybridized carbons (Fsp3) is 0.444. The molecule has 0 saturated heterocycles. The second-order valence-corrected chi connectivity index (χ2v) is 4.33. The number of ketones is 1. The van der Waals surface area contributed by atoms with Gasteiger partial charge in [-0.25, -0.2) is 0 Å². The molecule has 1 aromatic rings. The maximum absolute atomic E-state index is 11.3. The molecule has 1 heterocycles. The van der Waals surface area contributed by atoms with Crippen molar-refractivity contribution in [1.29, 1.82) is 0 Å². The highest BCUT2D eigenvalue weighted by molar-refractivity contribution is 8.00. The minimum Gasteiger partial charge on any atom is -0.461 e. The summed E-state index contributed by atoms with van der Waals surface area (Å²) < 4.78 is 4.96.